The number of carbonyl (C=O) groups excluding carboxylic acids is 1. The van der Waals surface area contributed by atoms with Crippen LogP contribution in [0.25, 0.3) is 0 Å². The van der Waals surface area contributed by atoms with Crippen LogP contribution in [-0.4, -0.2) is 28.2 Å². The van der Waals surface area contributed by atoms with Crippen LogP contribution >= 0.6 is 0 Å². The van der Waals surface area contributed by atoms with Crippen molar-refractivity contribution in [1.29, 1.82) is 0 Å². The zero-order valence-corrected chi connectivity index (χ0v) is 15.7. The molecule has 26 heavy (non-hydrogen) atoms. The number of carbonyl (C=O) groups is 1. The first-order valence-electron chi connectivity index (χ1n) is 9.58. The van der Waals surface area contributed by atoms with E-state index in [1.807, 2.05) is 24.3 Å². The van der Waals surface area contributed by atoms with Gasteiger partial charge in [-0.2, -0.15) is 0 Å². The summed E-state index contributed by atoms with van der Waals surface area (Å²) < 4.78 is 0. The van der Waals surface area contributed by atoms with Crippen LogP contribution in [0.1, 0.15) is 62.0 Å². The molecule has 1 saturated carbocycles. The van der Waals surface area contributed by atoms with E-state index in [0.29, 0.717) is 5.69 Å². The van der Waals surface area contributed by atoms with Gasteiger partial charge in [-0.3, -0.25) is 4.79 Å². The lowest BCUT2D eigenvalue weighted by molar-refractivity contribution is 0.0921. The van der Waals surface area contributed by atoms with E-state index in [2.05, 4.69) is 46.4 Å². The second kappa shape index (κ2) is 8.79. The zero-order valence-electron chi connectivity index (χ0n) is 15.7. The summed E-state index contributed by atoms with van der Waals surface area (Å²) in [5, 5.41) is 11.6. The maximum absolute atomic E-state index is 12.4. The molecule has 1 heterocycles. The van der Waals surface area contributed by atoms with Crippen LogP contribution in [-0.2, 0) is 6.54 Å². The van der Waals surface area contributed by atoms with Crippen LogP contribution in [0.3, 0.4) is 0 Å². The predicted octanol–water partition coefficient (Wildman–Crippen LogP) is 3.95. The molecule has 0 radical (unpaired) electrons. The van der Waals surface area contributed by atoms with Crippen molar-refractivity contribution in [3.63, 3.8) is 0 Å². The first-order chi connectivity index (χ1) is 12.6. The Bertz CT molecular complexity index is 694. The molecule has 0 unspecified atom stereocenters. The molecule has 0 spiro atoms. The molecule has 5 nitrogen and oxygen atoms in total. The molecule has 1 N–H and O–H groups in total. The van der Waals surface area contributed by atoms with E-state index in [1.165, 1.54) is 24.8 Å². The van der Waals surface area contributed by atoms with Gasteiger partial charge in [0.25, 0.3) is 5.91 Å². The Balaban J connectivity index is 1.67. The molecule has 138 valence electrons. The van der Waals surface area contributed by atoms with Crippen LogP contribution in [0.15, 0.2) is 42.5 Å². The van der Waals surface area contributed by atoms with E-state index in [9.17, 15) is 4.79 Å². The lowest BCUT2D eigenvalue weighted by Crippen LogP contribution is -2.37. The highest BCUT2D eigenvalue weighted by Gasteiger charge is 2.19. The summed E-state index contributed by atoms with van der Waals surface area (Å²) in [5.74, 6) is 0.674. The van der Waals surface area contributed by atoms with Crippen molar-refractivity contribution in [2.45, 2.75) is 64.6 Å². The molecule has 1 aliphatic carbocycles. The first kappa shape index (κ1) is 18.4. The number of amides is 1. The fourth-order valence-electron chi connectivity index (χ4n) is 3.41. The third-order valence-electron chi connectivity index (χ3n) is 4.94. The number of benzene rings is 1. The van der Waals surface area contributed by atoms with Gasteiger partial charge in [-0.15, -0.1) is 10.2 Å². The van der Waals surface area contributed by atoms with Crippen LogP contribution < -0.4 is 10.2 Å². The summed E-state index contributed by atoms with van der Waals surface area (Å²) in [4.78, 5) is 14.6. The SMILES string of the molecule is CC(C)N(Cc1ccccc1)c1ccc(C(=O)NC2CCCCC2)nn1. The highest BCUT2D eigenvalue weighted by Crippen LogP contribution is 2.19. The molecule has 2 aromatic rings. The Morgan fingerprint density at radius 3 is 2.42 bits per heavy atom. The lowest BCUT2D eigenvalue weighted by Gasteiger charge is -2.27. The van der Waals surface area contributed by atoms with Gasteiger partial charge in [0.1, 0.15) is 0 Å². The molecular weight excluding hydrogens is 324 g/mol. The maximum Gasteiger partial charge on any atom is 0.272 e. The lowest BCUT2D eigenvalue weighted by atomic mass is 9.95. The molecule has 1 aliphatic rings. The molecule has 5 heteroatoms. The van der Waals surface area contributed by atoms with E-state index in [0.717, 1.165) is 25.2 Å². The number of hydrogen-bond acceptors (Lipinski definition) is 4. The Hall–Kier alpha value is -2.43. The number of aromatic nitrogens is 2. The minimum Gasteiger partial charge on any atom is -0.348 e. The summed E-state index contributed by atoms with van der Waals surface area (Å²) in [6.07, 6.45) is 5.79. The van der Waals surface area contributed by atoms with Gasteiger partial charge in [0.05, 0.1) is 0 Å². The van der Waals surface area contributed by atoms with E-state index < -0.39 is 0 Å². The van der Waals surface area contributed by atoms with Crippen LogP contribution in [0.4, 0.5) is 5.82 Å². The number of nitrogens with zero attached hydrogens (tertiary/aromatic N) is 3. The molecule has 1 aromatic carbocycles. The van der Waals surface area contributed by atoms with E-state index in [1.54, 1.807) is 6.07 Å². The van der Waals surface area contributed by atoms with Crippen molar-refractivity contribution < 1.29 is 4.79 Å². The number of nitrogens with one attached hydrogen (secondary N) is 1. The Labute approximate surface area is 155 Å². The number of hydrogen-bond donors (Lipinski definition) is 1. The molecule has 3 rings (SSSR count). The summed E-state index contributed by atoms with van der Waals surface area (Å²) in [6.45, 7) is 5.03. The summed E-state index contributed by atoms with van der Waals surface area (Å²) in [6, 6.07) is 14.5. The van der Waals surface area contributed by atoms with Gasteiger partial charge in [0.15, 0.2) is 11.5 Å². The fraction of sp³-hybridized carbons (Fsp3) is 0.476. The van der Waals surface area contributed by atoms with Gasteiger partial charge in [0, 0.05) is 18.6 Å². The van der Waals surface area contributed by atoms with E-state index >= 15 is 0 Å². The summed E-state index contributed by atoms with van der Waals surface area (Å²) >= 11 is 0. The highest BCUT2D eigenvalue weighted by atomic mass is 16.2. The van der Waals surface area contributed by atoms with Crippen molar-refractivity contribution in [2.75, 3.05) is 4.90 Å². The second-order valence-electron chi connectivity index (χ2n) is 7.29. The Morgan fingerprint density at radius 1 is 1.08 bits per heavy atom. The number of anilines is 1. The quantitative estimate of drug-likeness (QED) is 0.855. The molecule has 0 saturated heterocycles. The van der Waals surface area contributed by atoms with Crippen LogP contribution in [0, 0.1) is 0 Å². The standard InChI is InChI=1S/C21H28N4O/c1-16(2)25(15-17-9-5-3-6-10-17)20-14-13-19(23-24-20)21(26)22-18-11-7-4-8-12-18/h3,5-6,9-10,13-14,16,18H,4,7-8,11-12,15H2,1-2H3,(H,22,26). The minimum atomic E-state index is -0.116. The number of rotatable bonds is 6. The van der Waals surface area contributed by atoms with Gasteiger partial charge in [0.2, 0.25) is 0 Å². The smallest absolute Gasteiger partial charge is 0.272 e. The van der Waals surface area contributed by atoms with Gasteiger partial charge >= 0.3 is 0 Å². The average molecular weight is 352 g/mol. The molecule has 1 fully saturated rings. The summed E-state index contributed by atoms with van der Waals surface area (Å²) in [5.41, 5.74) is 1.62. The molecule has 0 atom stereocenters. The second-order valence-corrected chi connectivity index (χ2v) is 7.29. The van der Waals surface area contributed by atoms with Gasteiger partial charge in [-0.05, 0) is 44.4 Å². The maximum atomic E-state index is 12.4. The fourth-order valence-corrected chi connectivity index (χ4v) is 3.41. The third-order valence-corrected chi connectivity index (χ3v) is 4.94. The molecule has 0 aliphatic heterocycles. The monoisotopic (exact) mass is 352 g/mol. The highest BCUT2D eigenvalue weighted by molar-refractivity contribution is 5.92. The molecular formula is C21H28N4O. The van der Waals surface area contributed by atoms with Crippen LogP contribution in [0.5, 0.6) is 0 Å². The Kier molecular flexibility index (Phi) is 6.21. The average Bonchev–Trinajstić information content (AvgIpc) is 2.67. The molecule has 0 bridgehead atoms. The van der Waals surface area contributed by atoms with Crippen LogP contribution in [0.2, 0.25) is 0 Å². The summed E-state index contributed by atoms with van der Waals surface area (Å²) in [7, 11) is 0. The first-order valence-corrected chi connectivity index (χ1v) is 9.58. The normalized spacial score (nSPS) is 15.0. The zero-order chi connectivity index (χ0) is 18.4. The van der Waals surface area contributed by atoms with Gasteiger partial charge in [-0.1, -0.05) is 49.6 Å². The molecule has 1 amide bonds. The molecule has 1 aromatic heterocycles. The van der Waals surface area contributed by atoms with Gasteiger partial charge in [-0.25, -0.2) is 0 Å². The minimum absolute atomic E-state index is 0.116. The van der Waals surface area contributed by atoms with Crippen molar-refractivity contribution >= 4 is 11.7 Å². The Morgan fingerprint density at radius 2 is 1.81 bits per heavy atom. The largest absolute Gasteiger partial charge is 0.348 e. The predicted molar refractivity (Wildman–Crippen MR) is 104 cm³/mol. The van der Waals surface area contributed by atoms with Crippen molar-refractivity contribution in [3.8, 4) is 0 Å². The van der Waals surface area contributed by atoms with E-state index in [-0.39, 0.29) is 18.0 Å². The third kappa shape index (κ3) is 4.81. The van der Waals surface area contributed by atoms with Gasteiger partial charge < -0.3 is 10.2 Å². The van der Waals surface area contributed by atoms with Crippen molar-refractivity contribution in [1.82, 2.24) is 15.5 Å². The topological polar surface area (TPSA) is 58.1 Å². The van der Waals surface area contributed by atoms with Crippen molar-refractivity contribution in [2.24, 2.45) is 0 Å². The van der Waals surface area contributed by atoms with E-state index in [4.69, 9.17) is 0 Å². The van der Waals surface area contributed by atoms with Crippen molar-refractivity contribution in [3.05, 3.63) is 53.7 Å².